The van der Waals surface area contributed by atoms with E-state index in [4.69, 9.17) is 14.1 Å². The summed E-state index contributed by atoms with van der Waals surface area (Å²) in [7, 11) is 0. The molecule has 2 aliphatic heterocycles. The lowest BCUT2D eigenvalue weighted by Gasteiger charge is -2.32. The van der Waals surface area contributed by atoms with Gasteiger partial charge in [0.2, 0.25) is 0 Å². The van der Waals surface area contributed by atoms with Crippen LogP contribution in [0.3, 0.4) is 0 Å². The van der Waals surface area contributed by atoms with Crippen molar-refractivity contribution >= 4 is 5.96 Å². The molecule has 1 aromatic rings. The van der Waals surface area contributed by atoms with Gasteiger partial charge >= 0.3 is 0 Å². The first-order valence-electron chi connectivity index (χ1n) is 11.0. The Hall–Kier alpha value is -1.57. The third-order valence-corrected chi connectivity index (χ3v) is 5.52. The van der Waals surface area contributed by atoms with Crippen molar-refractivity contribution in [1.29, 1.82) is 0 Å². The van der Waals surface area contributed by atoms with Crippen molar-refractivity contribution in [2.75, 3.05) is 65.6 Å². The summed E-state index contributed by atoms with van der Waals surface area (Å²) < 4.78 is 11.2. The lowest BCUT2D eigenvalue weighted by molar-refractivity contribution is 0.0376. The van der Waals surface area contributed by atoms with Crippen LogP contribution in [0.1, 0.15) is 44.4 Å². The Morgan fingerprint density at radius 2 is 1.96 bits per heavy atom. The Bertz CT molecular complexity index is 551. The van der Waals surface area contributed by atoms with Gasteiger partial charge in [-0.1, -0.05) is 6.42 Å². The van der Waals surface area contributed by atoms with Crippen LogP contribution in [-0.4, -0.2) is 81.3 Å². The summed E-state index contributed by atoms with van der Waals surface area (Å²) in [5.74, 6) is 1.92. The first-order chi connectivity index (χ1) is 13.9. The monoisotopic (exact) mass is 391 g/mol. The van der Waals surface area contributed by atoms with Crippen molar-refractivity contribution in [3.63, 3.8) is 0 Å². The summed E-state index contributed by atoms with van der Waals surface area (Å²) >= 11 is 0. The van der Waals surface area contributed by atoms with Gasteiger partial charge in [0.1, 0.15) is 5.76 Å². The average Bonchev–Trinajstić information content (AvgIpc) is 3.27. The van der Waals surface area contributed by atoms with Crippen LogP contribution in [0.25, 0.3) is 0 Å². The van der Waals surface area contributed by atoms with Gasteiger partial charge < -0.3 is 19.8 Å². The predicted molar refractivity (Wildman–Crippen MR) is 113 cm³/mol. The molecule has 0 bridgehead atoms. The summed E-state index contributed by atoms with van der Waals surface area (Å²) in [4.78, 5) is 9.88. The standard InChI is InChI=1S/C21H37N5O2/c1-2-22-21(23-9-7-10-25-13-16-27-17-14-25)24-18-19(20-8-6-15-28-20)26-11-4-3-5-12-26/h6,8,15,19H,2-5,7,9-14,16-18H2,1H3,(H2,22,23,24). The normalized spacial score (nSPS) is 20.8. The molecule has 0 radical (unpaired) electrons. The fourth-order valence-corrected chi connectivity index (χ4v) is 3.95. The minimum absolute atomic E-state index is 0.221. The quantitative estimate of drug-likeness (QED) is 0.382. The van der Waals surface area contributed by atoms with Gasteiger partial charge in [0, 0.05) is 26.2 Å². The van der Waals surface area contributed by atoms with E-state index in [2.05, 4.69) is 33.4 Å². The number of aliphatic imine (C=N–C) groups is 1. The van der Waals surface area contributed by atoms with E-state index in [0.29, 0.717) is 6.54 Å². The number of hydrogen-bond acceptors (Lipinski definition) is 5. The molecular formula is C21H37N5O2. The van der Waals surface area contributed by atoms with Crippen LogP contribution < -0.4 is 10.6 Å². The largest absolute Gasteiger partial charge is 0.468 e. The summed E-state index contributed by atoms with van der Waals surface area (Å²) in [6.45, 7) is 11.8. The Kier molecular flexibility index (Phi) is 9.13. The number of nitrogens with one attached hydrogen (secondary N) is 2. The highest BCUT2D eigenvalue weighted by Crippen LogP contribution is 2.25. The Morgan fingerprint density at radius 1 is 1.14 bits per heavy atom. The van der Waals surface area contributed by atoms with E-state index in [9.17, 15) is 0 Å². The lowest BCUT2D eigenvalue weighted by Crippen LogP contribution is -2.41. The number of rotatable bonds is 9. The highest BCUT2D eigenvalue weighted by Gasteiger charge is 2.24. The molecule has 7 heteroatoms. The second-order valence-electron chi connectivity index (χ2n) is 7.58. The van der Waals surface area contributed by atoms with Crippen LogP contribution >= 0.6 is 0 Å². The minimum Gasteiger partial charge on any atom is -0.468 e. The number of ether oxygens (including phenoxy) is 1. The second kappa shape index (κ2) is 12.1. The Balaban J connectivity index is 1.50. The number of piperidine rings is 1. The zero-order valence-electron chi connectivity index (χ0n) is 17.4. The van der Waals surface area contributed by atoms with Gasteiger partial charge in [0.25, 0.3) is 0 Å². The highest BCUT2D eigenvalue weighted by atomic mass is 16.5. The smallest absolute Gasteiger partial charge is 0.191 e. The van der Waals surface area contributed by atoms with Gasteiger partial charge in [-0.2, -0.15) is 0 Å². The van der Waals surface area contributed by atoms with Gasteiger partial charge in [-0.15, -0.1) is 0 Å². The summed E-state index contributed by atoms with van der Waals surface area (Å²) in [6.07, 6.45) is 6.74. The van der Waals surface area contributed by atoms with E-state index < -0.39 is 0 Å². The van der Waals surface area contributed by atoms with Gasteiger partial charge in [-0.3, -0.25) is 14.8 Å². The van der Waals surface area contributed by atoms with Crippen molar-refractivity contribution in [2.45, 2.75) is 38.6 Å². The zero-order chi connectivity index (χ0) is 19.4. The van der Waals surface area contributed by atoms with Crippen molar-refractivity contribution in [3.05, 3.63) is 24.2 Å². The molecule has 28 heavy (non-hydrogen) atoms. The average molecular weight is 392 g/mol. The van der Waals surface area contributed by atoms with Crippen LogP contribution in [0.15, 0.2) is 27.8 Å². The van der Waals surface area contributed by atoms with Gasteiger partial charge in [-0.05, 0) is 58.0 Å². The second-order valence-corrected chi connectivity index (χ2v) is 7.58. The molecule has 3 rings (SSSR count). The maximum absolute atomic E-state index is 5.74. The number of furan rings is 1. The first kappa shape index (κ1) is 21.1. The van der Waals surface area contributed by atoms with Gasteiger partial charge in [-0.25, -0.2) is 0 Å². The van der Waals surface area contributed by atoms with Crippen molar-refractivity contribution in [1.82, 2.24) is 20.4 Å². The molecule has 2 fully saturated rings. The Morgan fingerprint density at radius 3 is 2.68 bits per heavy atom. The molecule has 2 N–H and O–H groups in total. The van der Waals surface area contributed by atoms with Crippen LogP contribution in [0, 0.1) is 0 Å². The van der Waals surface area contributed by atoms with E-state index in [-0.39, 0.29) is 6.04 Å². The number of nitrogens with zero attached hydrogens (tertiary/aromatic N) is 3. The molecule has 3 heterocycles. The van der Waals surface area contributed by atoms with Crippen molar-refractivity contribution in [2.24, 2.45) is 4.99 Å². The highest BCUT2D eigenvalue weighted by molar-refractivity contribution is 5.79. The van der Waals surface area contributed by atoms with Gasteiger partial charge in [0.05, 0.1) is 32.1 Å². The zero-order valence-corrected chi connectivity index (χ0v) is 17.4. The summed E-state index contributed by atoms with van der Waals surface area (Å²) in [5, 5.41) is 6.88. The molecule has 0 spiro atoms. The molecular weight excluding hydrogens is 354 g/mol. The third-order valence-electron chi connectivity index (χ3n) is 5.52. The topological polar surface area (TPSA) is 65.3 Å². The molecule has 1 atom stereocenters. The molecule has 0 aliphatic carbocycles. The maximum Gasteiger partial charge on any atom is 0.191 e. The number of hydrogen-bond donors (Lipinski definition) is 2. The van der Waals surface area contributed by atoms with Gasteiger partial charge in [0.15, 0.2) is 5.96 Å². The molecule has 1 unspecified atom stereocenters. The number of morpholine rings is 1. The number of guanidine groups is 1. The lowest BCUT2D eigenvalue weighted by atomic mass is 10.1. The fraction of sp³-hybridized carbons (Fsp3) is 0.762. The fourth-order valence-electron chi connectivity index (χ4n) is 3.95. The molecule has 2 aliphatic rings. The molecule has 158 valence electrons. The van der Waals surface area contributed by atoms with E-state index >= 15 is 0 Å². The summed E-state index contributed by atoms with van der Waals surface area (Å²) in [5.41, 5.74) is 0. The van der Waals surface area contributed by atoms with E-state index in [1.165, 1.54) is 19.3 Å². The molecule has 1 aromatic heterocycles. The van der Waals surface area contributed by atoms with E-state index in [0.717, 1.165) is 77.2 Å². The third kappa shape index (κ3) is 6.79. The van der Waals surface area contributed by atoms with Crippen molar-refractivity contribution < 1.29 is 9.15 Å². The van der Waals surface area contributed by atoms with Crippen LogP contribution in [0.4, 0.5) is 0 Å². The SMILES string of the molecule is CCNC(=NCC(c1ccco1)N1CCCCC1)NCCCN1CCOCC1. The molecule has 0 aromatic carbocycles. The molecule has 7 nitrogen and oxygen atoms in total. The minimum atomic E-state index is 0.221. The van der Waals surface area contributed by atoms with Crippen LogP contribution in [0.5, 0.6) is 0 Å². The molecule has 0 amide bonds. The number of likely N-dealkylation sites (tertiary alicyclic amines) is 1. The first-order valence-corrected chi connectivity index (χ1v) is 11.0. The molecule has 0 saturated carbocycles. The van der Waals surface area contributed by atoms with Crippen molar-refractivity contribution in [3.8, 4) is 0 Å². The Labute approximate surface area is 169 Å². The van der Waals surface area contributed by atoms with Crippen LogP contribution in [-0.2, 0) is 4.74 Å². The van der Waals surface area contributed by atoms with E-state index in [1.54, 1.807) is 6.26 Å². The predicted octanol–water partition coefficient (Wildman–Crippen LogP) is 2.08. The van der Waals surface area contributed by atoms with Crippen LogP contribution in [0.2, 0.25) is 0 Å². The summed E-state index contributed by atoms with van der Waals surface area (Å²) in [6, 6.07) is 4.28. The maximum atomic E-state index is 5.74. The van der Waals surface area contributed by atoms with E-state index in [1.807, 2.05) is 6.07 Å². The molecule has 2 saturated heterocycles.